The number of aromatic nitrogens is 2. The number of amides is 1. The zero-order chi connectivity index (χ0) is 17.0. The van der Waals surface area contributed by atoms with Gasteiger partial charge in [0.25, 0.3) is 0 Å². The quantitative estimate of drug-likeness (QED) is 0.760. The van der Waals surface area contributed by atoms with Crippen LogP contribution < -0.4 is 11.1 Å². The Kier molecular flexibility index (Phi) is 10.0. The number of nitrogens with two attached hydrogens (primary N) is 1. The first-order chi connectivity index (χ1) is 11.0. The number of hydrogen-bond donors (Lipinski definition) is 2. The Balaban J connectivity index is 0.00000288. The molecule has 0 saturated carbocycles. The van der Waals surface area contributed by atoms with Crippen molar-refractivity contribution in [3.63, 3.8) is 0 Å². The number of methoxy groups -OCH3 is 1. The van der Waals surface area contributed by atoms with Crippen LogP contribution in [0.4, 0.5) is 0 Å². The highest BCUT2D eigenvalue weighted by molar-refractivity contribution is 5.85. The number of carbonyl (C=O) groups excluding carboxylic acids is 1. The van der Waals surface area contributed by atoms with Gasteiger partial charge in [0, 0.05) is 19.7 Å². The molecule has 142 valence electrons. The minimum Gasteiger partial charge on any atom is -0.380 e. The second-order valence-electron chi connectivity index (χ2n) is 6.01. The van der Waals surface area contributed by atoms with E-state index in [1.54, 1.807) is 7.11 Å². The Morgan fingerprint density at radius 1 is 1.28 bits per heavy atom. The smallest absolute Gasteiger partial charge is 0.223 e. The predicted octanol–water partition coefficient (Wildman–Crippen LogP) is 3.00. The van der Waals surface area contributed by atoms with Gasteiger partial charge in [0.15, 0.2) is 0 Å². The molecule has 2 unspecified atom stereocenters. The van der Waals surface area contributed by atoms with E-state index in [0.29, 0.717) is 6.54 Å². The van der Waals surface area contributed by atoms with Crippen molar-refractivity contribution in [2.45, 2.75) is 45.4 Å². The number of nitrogens with one attached hydrogen (secondary N) is 1. The maximum Gasteiger partial charge on any atom is 0.223 e. The number of carbonyl (C=O) groups is 1. The SMILES string of the molecule is COC(CN)CC(=O)NC(C)c1nc2ccccc2n1C(C)C.Cl.Cl. The van der Waals surface area contributed by atoms with Crippen molar-refractivity contribution in [1.82, 2.24) is 14.9 Å². The van der Waals surface area contributed by atoms with Gasteiger partial charge in [0.1, 0.15) is 5.82 Å². The third-order valence-electron chi connectivity index (χ3n) is 3.91. The molecular formula is C17H28Cl2N4O2. The Hall–Kier alpha value is -1.34. The first-order valence-electron chi connectivity index (χ1n) is 7.97. The molecule has 8 heteroatoms. The van der Waals surface area contributed by atoms with Crippen LogP contribution in [-0.2, 0) is 9.53 Å². The third-order valence-corrected chi connectivity index (χ3v) is 3.91. The molecule has 2 aromatic rings. The molecule has 0 aliphatic heterocycles. The summed E-state index contributed by atoms with van der Waals surface area (Å²) in [6.45, 7) is 6.49. The van der Waals surface area contributed by atoms with E-state index in [1.165, 1.54) is 0 Å². The maximum absolute atomic E-state index is 12.2. The van der Waals surface area contributed by atoms with E-state index in [4.69, 9.17) is 15.5 Å². The van der Waals surface area contributed by atoms with Crippen molar-refractivity contribution in [1.29, 1.82) is 0 Å². The Morgan fingerprint density at radius 3 is 2.48 bits per heavy atom. The van der Waals surface area contributed by atoms with Crippen LogP contribution in [0.2, 0.25) is 0 Å². The lowest BCUT2D eigenvalue weighted by atomic mass is 10.2. The minimum atomic E-state index is -0.258. The van der Waals surface area contributed by atoms with Crippen LogP contribution in [0.1, 0.15) is 45.1 Å². The Labute approximate surface area is 161 Å². The van der Waals surface area contributed by atoms with E-state index >= 15 is 0 Å². The lowest BCUT2D eigenvalue weighted by Gasteiger charge is -2.20. The molecule has 1 heterocycles. The molecule has 25 heavy (non-hydrogen) atoms. The van der Waals surface area contributed by atoms with E-state index in [1.807, 2.05) is 25.1 Å². The van der Waals surface area contributed by atoms with Gasteiger partial charge in [-0.25, -0.2) is 4.98 Å². The van der Waals surface area contributed by atoms with Crippen LogP contribution in [0.3, 0.4) is 0 Å². The summed E-state index contributed by atoms with van der Waals surface area (Å²) in [4.78, 5) is 16.9. The molecule has 3 N–H and O–H groups in total. The van der Waals surface area contributed by atoms with Gasteiger partial charge in [-0.3, -0.25) is 4.79 Å². The van der Waals surface area contributed by atoms with E-state index in [2.05, 4.69) is 29.8 Å². The van der Waals surface area contributed by atoms with Gasteiger partial charge in [0.2, 0.25) is 5.91 Å². The first-order valence-corrected chi connectivity index (χ1v) is 7.97. The number of hydrogen-bond acceptors (Lipinski definition) is 4. The molecular weight excluding hydrogens is 363 g/mol. The van der Waals surface area contributed by atoms with Crippen LogP contribution in [-0.4, -0.2) is 35.2 Å². The number of benzene rings is 1. The number of para-hydroxylation sites is 2. The second-order valence-corrected chi connectivity index (χ2v) is 6.01. The molecule has 0 bridgehead atoms. The zero-order valence-electron chi connectivity index (χ0n) is 15.1. The van der Waals surface area contributed by atoms with Gasteiger partial charge in [-0.15, -0.1) is 24.8 Å². The van der Waals surface area contributed by atoms with Gasteiger partial charge in [-0.2, -0.15) is 0 Å². The van der Waals surface area contributed by atoms with E-state index in [0.717, 1.165) is 16.9 Å². The monoisotopic (exact) mass is 390 g/mol. The molecule has 0 fully saturated rings. The van der Waals surface area contributed by atoms with Crippen molar-refractivity contribution >= 4 is 41.8 Å². The molecule has 2 rings (SSSR count). The number of imidazole rings is 1. The highest BCUT2D eigenvalue weighted by atomic mass is 35.5. The van der Waals surface area contributed by atoms with Crippen molar-refractivity contribution in [2.75, 3.05) is 13.7 Å². The highest BCUT2D eigenvalue weighted by Crippen LogP contribution is 2.24. The van der Waals surface area contributed by atoms with Crippen LogP contribution in [0.25, 0.3) is 11.0 Å². The number of halogens is 2. The molecule has 0 saturated heterocycles. The number of nitrogens with zero attached hydrogens (tertiary/aromatic N) is 2. The maximum atomic E-state index is 12.2. The summed E-state index contributed by atoms with van der Waals surface area (Å²) in [5.41, 5.74) is 7.58. The Morgan fingerprint density at radius 2 is 1.92 bits per heavy atom. The second kappa shape index (κ2) is 10.6. The minimum absolute atomic E-state index is 0. The standard InChI is InChI=1S/C17H26N4O2.2ClH/c1-11(2)21-15-8-6-5-7-14(15)20-17(21)12(3)19-16(22)9-13(10-18)23-4;;/h5-8,11-13H,9-10,18H2,1-4H3,(H,19,22);2*1H. The Bertz CT molecular complexity index is 672. The molecule has 1 aromatic heterocycles. The number of ether oxygens (including phenoxy) is 1. The summed E-state index contributed by atoms with van der Waals surface area (Å²) in [6.07, 6.45) is -0.00897. The topological polar surface area (TPSA) is 82.2 Å². The average Bonchev–Trinajstić information content (AvgIpc) is 2.92. The molecule has 6 nitrogen and oxygen atoms in total. The molecule has 1 amide bonds. The fraction of sp³-hybridized carbons (Fsp3) is 0.529. The van der Waals surface area contributed by atoms with Crippen molar-refractivity contribution < 1.29 is 9.53 Å². The van der Waals surface area contributed by atoms with Gasteiger partial charge < -0.3 is 20.4 Å². The van der Waals surface area contributed by atoms with E-state index in [9.17, 15) is 4.79 Å². The summed E-state index contributed by atoms with van der Waals surface area (Å²) >= 11 is 0. The van der Waals surface area contributed by atoms with E-state index in [-0.39, 0.29) is 55.3 Å². The number of rotatable bonds is 7. The largest absolute Gasteiger partial charge is 0.380 e. The van der Waals surface area contributed by atoms with Crippen LogP contribution >= 0.6 is 24.8 Å². The van der Waals surface area contributed by atoms with Crippen LogP contribution in [0, 0.1) is 0 Å². The lowest BCUT2D eigenvalue weighted by molar-refractivity contribution is -0.124. The number of fused-ring (bicyclic) bond motifs is 1. The molecule has 1 aromatic carbocycles. The fourth-order valence-electron chi connectivity index (χ4n) is 2.75. The van der Waals surface area contributed by atoms with Gasteiger partial charge in [-0.1, -0.05) is 12.1 Å². The van der Waals surface area contributed by atoms with Crippen LogP contribution in [0.15, 0.2) is 24.3 Å². The first kappa shape index (κ1) is 23.7. The molecule has 0 aliphatic rings. The normalized spacial score (nSPS) is 13.0. The predicted molar refractivity (Wildman–Crippen MR) is 106 cm³/mol. The zero-order valence-corrected chi connectivity index (χ0v) is 16.7. The summed E-state index contributed by atoms with van der Waals surface area (Å²) in [6, 6.07) is 8.08. The third kappa shape index (κ3) is 5.57. The van der Waals surface area contributed by atoms with Crippen molar-refractivity contribution in [3.8, 4) is 0 Å². The molecule has 2 atom stereocenters. The molecule has 0 aliphatic carbocycles. The van der Waals surface area contributed by atoms with Gasteiger partial charge in [-0.05, 0) is 32.9 Å². The van der Waals surface area contributed by atoms with Crippen molar-refractivity contribution in [3.05, 3.63) is 30.1 Å². The fourth-order valence-corrected chi connectivity index (χ4v) is 2.75. The van der Waals surface area contributed by atoms with Gasteiger partial charge in [0.05, 0.1) is 29.6 Å². The molecule has 0 radical (unpaired) electrons. The van der Waals surface area contributed by atoms with E-state index < -0.39 is 0 Å². The van der Waals surface area contributed by atoms with Crippen LogP contribution in [0.5, 0.6) is 0 Å². The van der Waals surface area contributed by atoms with Gasteiger partial charge >= 0.3 is 0 Å². The highest BCUT2D eigenvalue weighted by Gasteiger charge is 2.21. The lowest BCUT2D eigenvalue weighted by Crippen LogP contribution is -2.34. The average molecular weight is 391 g/mol. The summed E-state index contributed by atoms with van der Waals surface area (Å²) < 4.78 is 7.32. The summed E-state index contributed by atoms with van der Waals surface area (Å²) in [5, 5.41) is 2.99. The summed E-state index contributed by atoms with van der Waals surface area (Å²) in [7, 11) is 1.56. The molecule has 0 spiro atoms. The van der Waals surface area contributed by atoms with Crippen molar-refractivity contribution in [2.24, 2.45) is 5.73 Å². The summed E-state index contributed by atoms with van der Waals surface area (Å²) in [5.74, 6) is 0.772.